The molecule has 1 N–H and O–H groups in total. The zero-order chi connectivity index (χ0) is 12.8. The van der Waals surface area contributed by atoms with Crippen molar-refractivity contribution in [2.24, 2.45) is 0 Å². The van der Waals surface area contributed by atoms with Crippen LogP contribution in [0, 0.1) is 5.82 Å². The molecule has 0 radical (unpaired) electrons. The largest absolute Gasteiger partial charge is 0.354 e. The van der Waals surface area contributed by atoms with Gasteiger partial charge in [-0.05, 0) is 36.8 Å². The van der Waals surface area contributed by atoms with Crippen molar-refractivity contribution in [3.63, 3.8) is 0 Å². The van der Waals surface area contributed by atoms with E-state index in [1.54, 1.807) is 6.07 Å². The van der Waals surface area contributed by atoms with Crippen LogP contribution in [0.4, 0.5) is 4.39 Å². The molecule has 1 amide bonds. The van der Waals surface area contributed by atoms with Gasteiger partial charge in [0.15, 0.2) is 0 Å². The van der Waals surface area contributed by atoms with E-state index in [1.165, 1.54) is 18.2 Å². The number of rotatable bonds is 5. The molecule has 0 atom stereocenters. The highest BCUT2D eigenvalue weighted by molar-refractivity contribution is 5.94. The molecule has 3 nitrogen and oxygen atoms in total. The van der Waals surface area contributed by atoms with E-state index in [0.29, 0.717) is 12.1 Å². The van der Waals surface area contributed by atoms with Crippen LogP contribution in [0.1, 0.15) is 16.8 Å². The minimum Gasteiger partial charge on any atom is -0.354 e. The van der Waals surface area contributed by atoms with Crippen LogP contribution in [-0.4, -0.2) is 17.0 Å². The summed E-state index contributed by atoms with van der Waals surface area (Å²) in [5, 5.41) is 2.77. The summed E-state index contributed by atoms with van der Waals surface area (Å²) in [5.74, 6) is -0.628. The second-order valence-electron chi connectivity index (χ2n) is 4.04. The maximum absolute atomic E-state index is 12.9. The monoisotopic (exact) mass is 246 g/mol. The molecule has 0 saturated carbocycles. The molecule has 4 heteroatoms. The minimum atomic E-state index is -0.394. The molecular weight excluding hydrogens is 231 g/mol. The standard InChI is InChI=1S/C14H15FN2O/c15-13-6-3-5-12(11-13)14(18)16-7-4-10-17-8-1-2-9-17/h1-3,5-6,8-9,11H,4,7,10H2,(H,16,18). The van der Waals surface area contributed by atoms with E-state index in [4.69, 9.17) is 0 Å². The predicted molar refractivity (Wildman–Crippen MR) is 67.8 cm³/mol. The molecule has 2 aromatic rings. The van der Waals surface area contributed by atoms with Gasteiger partial charge in [0, 0.05) is 31.0 Å². The van der Waals surface area contributed by atoms with Gasteiger partial charge in [-0.1, -0.05) is 6.07 Å². The molecule has 0 aliphatic rings. The Kier molecular flexibility index (Phi) is 4.12. The number of hydrogen-bond donors (Lipinski definition) is 1. The summed E-state index contributed by atoms with van der Waals surface area (Å²) in [4.78, 5) is 11.7. The number of amides is 1. The Labute approximate surface area is 105 Å². The normalized spacial score (nSPS) is 10.3. The van der Waals surface area contributed by atoms with E-state index in [9.17, 15) is 9.18 Å². The lowest BCUT2D eigenvalue weighted by molar-refractivity contribution is 0.0952. The third-order valence-corrected chi connectivity index (χ3v) is 2.63. The van der Waals surface area contributed by atoms with Crippen LogP contribution in [-0.2, 0) is 6.54 Å². The Bertz CT molecular complexity index is 508. The van der Waals surface area contributed by atoms with Gasteiger partial charge in [-0.3, -0.25) is 4.79 Å². The Morgan fingerprint density at radius 3 is 2.72 bits per heavy atom. The number of nitrogens with zero attached hydrogens (tertiary/aromatic N) is 1. The van der Waals surface area contributed by atoms with Gasteiger partial charge in [0.1, 0.15) is 5.82 Å². The summed E-state index contributed by atoms with van der Waals surface area (Å²) >= 11 is 0. The number of carbonyl (C=O) groups is 1. The first kappa shape index (κ1) is 12.4. The number of hydrogen-bond acceptors (Lipinski definition) is 1. The first-order valence-corrected chi connectivity index (χ1v) is 5.90. The highest BCUT2D eigenvalue weighted by atomic mass is 19.1. The zero-order valence-corrected chi connectivity index (χ0v) is 9.97. The molecule has 0 saturated heterocycles. The van der Waals surface area contributed by atoms with Gasteiger partial charge in [0.25, 0.3) is 5.91 Å². The second kappa shape index (κ2) is 6.00. The van der Waals surface area contributed by atoms with Crippen LogP contribution in [0.25, 0.3) is 0 Å². The van der Waals surface area contributed by atoms with Gasteiger partial charge in [0.05, 0.1) is 0 Å². The summed E-state index contributed by atoms with van der Waals surface area (Å²) in [6.07, 6.45) is 4.80. The molecule has 0 fully saturated rings. The van der Waals surface area contributed by atoms with Gasteiger partial charge in [-0.2, -0.15) is 0 Å². The maximum Gasteiger partial charge on any atom is 0.251 e. The lowest BCUT2D eigenvalue weighted by Gasteiger charge is -2.06. The molecule has 1 aromatic heterocycles. The number of aromatic nitrogens is 1. The summed E-state index contributed by atoms with van der Waals surface area (Å²) in [5.41, 5.74) is 0.357. The lowest BCUT2D eigenvalue weighted by atomic mass is 10.2. The number of carbonyl (C=O) groups excluding carboxylic acids is 1. The number of aryl methyl sites for hydroxylation is 1. The van der Waals surface area contributed by atoms with E-state index in [0.717, 1.165) is 13.0 Å². The molecule has 2 rings (SSSR count). The van der Waals surface area contributed by atoms with Crippen molar-refractivity contribution >= 4 is 5.91 Å². The molecule has 1 heterocycles. The first-order chi connectivity index (χ1) is 8.75. The summed E-state index contributed by atoms with van der Waals surface area (Å²) in [6, 6.07) is 9.62. The third-order valence-electron chi connectivity index (χ3n) is 2.63. The highest BCUT2D eigenvalue weighted by Gasteiger charge is 2.04. The Morgan fingerprint density at radius 2 is 2.00 bits per heavy atom. The van der Waals surface area contributed by atoms with E-state index < -0.39 is 5.82 Å². The number of benzene rings is 1. The zero-order valence-electron chi connectivity index (χ0n) is 9.97. The average molecular weight is 246 g/mol. The molecule has 0 aliphatic heterocycles. The average Bonchev–Trinajstić information content (AvgIpc) is 2.87. The third kappa shape index (κ3) is 3.45. The van der Waals surface area contributed by atoms with Crippen molar-refractivity contribution in [2.45, 2.75) is 13.0 Å². The van der Waals surface area contributed by atoms with Crippen molar-refractivity contribution in [3.8, 4) is 0 Å². The maximum atomic E-state index is 12.9. The van der Waals surface area contributed by atoms with Gasteiger partial charge < -0.3 is 9.88 Å². The van der Waals surface area contributed by atoms with Gasteiger partial charge >= 0.3 is 0 Å². The quantitative estimate of drug-likeness (QED) is 0.808. The minimum absolute atomic E-state index is 0.234. The summed E-state index contributed by atoms with van der Waals surface area (Å²) in [6.45, 7) is 1.43. The second-order valence-corrected chi connectivity index (χ2v) is 4.04. The van der Waals surface area contributed by atoms with Gasteiger partial charge in [0.2, 0.25) is 0 Å². The fourth-order valence-electron chi connectivity index (χ4n) is 1.71. The molecule has 1 aromatic carbocycles. The Hall–Kier alpha value is -2.10. The number of nitrogens with one attached hydrogen (secondary N) is 1. The van der Waals surface area contributed by atoms with Crippen LogP contribution in [0.15, 0.2) is 48.8 Å². The summed E-state index contributed by atoms with van der Waals surface area (Å²) in [7, 11) is 0. The van der Waals surface area contributed by atoms with Crippen LogP contribution in [0.3, 0.4) is 0 Å². The topological polar surface area (TPSA) is 34.0 Å². The van der Waals surface area contributed by atoms with Crippen molar-refractivity contribution in [1.29, 1.82) is 0 Å². The Morgan fingerprint density at radius 1 is 1.22 bits per heavy atom. The van der Waals surface area contributed by atoms with E-state index in [-0.39, 0.29) is 5.91 Å². The van der Waals surface area contributed by atoms with Crippen molar-refractivity contribution < 1.29 is 9.18 Å². The Balaban J connectivity index is 1.75. The molecule has 0 unspecified atom stereocenters. The predicted octanol–water partition coefficient (Wildman–Crippen LogP) is 2.45. The molecule has 18 heavy (non-hydrogen) atoms. The molecular formula is C14H15FN2O. The molecule has 94 valence electrons. The molecule has 0 spiro atoms. The first-order valence-electron chi connectivity index (χ1n) is 5.90. The fourth-order valence-corrected chi connectivity index (χ4v) is 1.71. The van der Waals surface area contributed by atoms with Crippen molar-refractivity contribution in [3.05, 3.63) is 60.2 Å². The van der Waals surface area contributed by atoms with E-state index in [1.807, 2.05) is 29.1 Å². The molecule has 0 aliphatic carbocycles. The van der Waals surface area contributed by atoms with Gasteiger partial charge in [-0.15, -0.1) is 0 Å². The van der Waals surface area contributed by atoms with Crippen LogP contribution in [0.5, 0.6) is 0 Å². The smallest absolute Gasteiger partial charge is 0.251 e. The van der Waals surface area contributed by atoms with Crippen LogP contribution in [0.2, 0.25) is 0 Å². The molecule has 0 bridgehead atoms. The van der Waals surface area contributed by atoms with E-state index >= 15 is 0 Å². The van der Waals surface area contributed by atoms with Crippen molar-refractivity contribution in [1.82, 2.24) is 9.88 Å². The highest BCUT2D eigenvalue weighted by Crippen LogP contribution is 2.03. The van der Waals surface area contributed by atoms with Crippen LogP contribution >= 0.6 is 0 Å². The lowest BCUT2D eigenvalue weighted by Crippen LogP contribution is -2.25. The SMILES string of the molecule is O=C(NCCCn1cccc1)c1cccc(F)c1. The van der Waals surface area contributed by atoms with Gasteiger partial charge in [-0.25, -0.2) is 4.39 Å². The summed E-state index contributed by atoms with van der Waals surface area (Å²) < 4.78 is 15.0. The van der Waals surface area contributed by atoms with E-state index in [2.05, 4.69) is 5.32 Å². The fraction of sp³-hybridized carbons (Fsp3) is 0.214. The van der Waals surface area contributed by atoms with Crippen LogP contribution < -0.4 is 5.32 Å². The number of halogens is 1. The van der Waals surface area contributed by atoms with Crippen molar-refractivity contribution in [2.75, 3.05) is 6.54 Å².